The second-order valence-electron chi connectivity index (χ2n) is 24.6. The third-order valence-electron chi connectivity index (χ3n) is 18.5. The maximum atomic E-state index is 7.24. The van der Waals surface area contributed by atoms with Gasteiger partial charge in [-0.15, -0.1) is 0 Å². The van der Waals surface area contributed by atoms with Gasteiger partial charge < -0.3 is 14.0 Å². The van der Waals surface area contributed by atoms with E-state index in [0.717, 1.165) is 58.5 Å². The lowest BCUT2D eigenvalue weighted by atomic mass is 9.34. The molecule has 1 aromatic heterocycles. The number of ether oxygens (including phenoxy) is 2. The molecule has 10 aliphatic rings. The second-order valence-corrected chi connectivity index (χ2v) is 24.6. The van der Waals surface area contributed by atoms with Gasteiger partial charge in [0.2, 0.25) is 0 Å². The molecule has 0 spiro atoms. The van der Waals surface area contributed by atoms with Crippen molar-refractivity contribution in [1.29, 1.82) is 0 Å². The van der Waals surface area contributed by atoms with Gasteiger partial charge in [-0.2, -0.15) is 0 Å². The molecule has 0 saturated heterocycles. The van der Waals surface area contributed by atoms with Crippen molar-refractivity contribution in [2.45, 2.75) is 140 Å². The minimum absolute atomic E-state index is 0.0165. The standard InChI is InChI=1S/C58H62BNO2/c1-55(2,3)39-13-15-48-46(23-39)59-47-24-40(56(4,5)6)14-16-49(47)62-51-26-41(25-50(61-48)52(51)59)60-53-42(9-7-11-44(53)57-27-33-17-34(28-57)19-35(18-33)29-57)43-10-8-12-45(54(43)60)58-30-36-20-37(31-58)22-38(21-36)32-58/h7-16,23-26,33-38H,17-22,27-32H2,1-6H3. The van der Waals surface area contributed by atoms with E-state index in [-0.39, 0.29) is 28.4 Å². The Hall–Kier alpha value is -4.44. The molecule has 5 aromatic carbocycles. The zero-order valence-corrected chi connectivity index (χ0v) is 37.9. The van der Waals surface area contributed by atoms with E-state index < -0.39 is 0 Å². The van der Waals surface area contributed by atoms with Crippen LogP contribution in [0.5, 0.6) is 23.0 Å². The first-order valence-corrected chi connectivity index (χ1v) is 24.7. The van der Waals surface area contributed by atoms with E-state index in [0.29, 0.717) is 0 Å². The number of benzene rings is 5. The van der Waals surface area contributed by atoms with Crippen LogP contribution in [0.4, 0.5) is 0 Å². The SMILES string of the molecule is CC(C)(C)c1ccc2c(c1)B1c3cc(C(C)(C)C)ccc3Oc3cc(-n4c5c(C67CC8CC(CC(C8)C6)C7)cccc5c5cccc(C67CC8CC(CC(C8)C6)C7)c54)cc(c31)O2. The van der Waals surface area contributed by atoms with Crippen molar-refractivity contribution in [3.63, 3.8) is 0 Å². The summed E-state index contributed by atoms with van der Waals surface area (Å²) in [6, 6.07) is 33.8. The molecular weight excluding hydrogens is 753 g/mol. The predicted octanol–water partition coefficient (Wildman–Crippen LogP) is 13.0. The van der Waals surface area contributed by atoms with Gasteiger partial charge in [0.05, 0.1) is 16.7 Å². The molecule has 0 unspecified atom stereocenters. The Morgan fingerprint density at radius 2 is 0.871 bits per heavy atom. The van der Waals surface area contributed by atoms with Crippen molar-refractivity contribution in [2.75, 3.05) is 0 Å². The van der Waals surface area contributed by atoms with Crippen LogP contribution in [0.15, 0.2) is 84.9 Å². The highest BCUT2D eigenvalue weighted by Gasteiger charge is 2.54. The highest BCUT2D eigenvalue weighted by Crippen LogP contribution is 2.64. The minimum Gasteiger partial charge on any atom is -0.458 e. The highest BCUT2D eigenvalue weighted by atomic mass is 16.5. The van der Waals surface area contributed by atoms with Gasteiger partial charge in [-0.05, 0) is 180 Å². The molecular formula is C58H62BNO2. The topological polar surface area (TPSA) is 23.4 Å². The molecule has 2 aliphatic heterocycles. The number of fused-ring (bicyclic) bond motifs is 7. The fraction of sp³-hybridized carbons (Fsp3) is 0.483. The Balaban J connectivity index is 1.05. The van der Waals surface area contributed by atoms with Crippen LogP contribution in [0.1, 0.15) is 141 Å². The Bertz CT molecular complexity index is 2660. The van der Waals surface area contributed by atoms with Gasteiger partial charge in [0.1, 0.15) is 23.0 Å². The van der Waals surface area contributed by atoms with E-state index in [1.165, 1.54) is 132 Å². The normalized spacial score (nSPS) is 31.0. The molecule has 314 valence electrons. The number of rotatable bonds is 3. The van der Waals surface area contributed by atoms with E-state index in [9.17, 15) is 0 Å². The average molecular weight is 816 g/mol. The summed E-state index contributed by atoms with van der Waals surface area (Å²) in [5.74, 6) is 9.09. The third-order valence-corrected chi connectivity index (χ3v) is 18.5. The Morgan fingerprint density at radius 3 is 1.24 bits per heavy atom. The molecule has 0 N–H and O–H groups in total. The summed E-state index contributed by atoms with van der Waals surface area (Å²) in [7, 11) is 0. The van der Waals surface area contributed by atoms with Crippen LogP contribution >= 0.6 is 0 Å². The predicted molar refractivity (Wildman–Crippen MR) is 256 cm³/mol. The van der Waals surface area contributed by atoms with Crippen molar-refractivity contribution < 1.29 is 9.47 Å². The average Bonchev–Trinajstić information content (AvgIpc) is 3.56. The molecule has 8 aliphatic carbocycles. The molecule has 8 saturated carbocycles. The summed E-state index contributed by atoms with van der Waals surface area (Å²) in [6.45, 7) is 13.9. The molecule has 0 atom stereocenters. The van der Waals surface area contributed by atoms with Crippen molar-refractivity contribution >= 4 is 44.9 Å². The maximum Gasteiger partial charge on any atom is 0.260 e. The molecule has 8 fully saturated rings. The van der Waals surface area contributed by atoms with Crippen LogP contribution in [0, 0.1) is 35.5 Å². The molecule has 4 heteroatoms. The van der Waals surface area contributed by atoms with E-state index in [2.05, 4.69) is 131 Å². The number of para-hydroxylation sites is 2. The van der Waals surface area contributed by atoms with E-state index >= 15 is 0 Å². The van der Waals surface area contributed by atoms with Crippen LogP contribution in [0.3, 0.4) is 0 Å². The van der Waals surface area contributed by atoms with Crippen LogP contribution in [0.25, 0.3) is 27.5 Å². The lowest BCUT2D eigenvalue weighted by Gasteiger charge is -2.57. The van der Waals surface area contributed by atoms with Crippen molar-refractivity contribution in [3.05, 3.63) is 107 Å². The van der Waals surface area contributed by atoms with Gasteiger partial charge >= 0.3 is 0 Å². The fourth-order valence-electron chi connectivity index (χ4n) is 16.7. The molecule has 0 amide bonds. The van der Waals surface area contributed by atoms with Gasteiger partial charge in [-0.25, -0.2) is 0 Å². The van der Waals surface area contributed by atoms with E-state index in [1.807, 2.05) is 0 Å². The quantitative estimate of drug-likeness (QED) is 0.166. The van der Waals surface area contributed by atoms with Crippen molar-refractivity contribution in [2.24, 2.45) is 35.5 Å². The van der Waals surface area contributed by atoms with Gasteiger partial charge in [0.15, 0.2) is 0 Å². The number of nitrogens with zero attached hydrogens (tertiary/aromatic N) is 1. The summed E-state index contributed by atoms with van der Waals surface area (Å²) < 4.78 is 17.3. The number of aromatic nitrogens is 1. The summed E-state index contributed by atoms with van der Waals surface area (Å²) >= 11 is 0. The first-order valence-electron chi connectivity index (χ1n) is 24.7. The van der Waals surface area contributed by atoms with Crippen LogP contribution < -0.4 is 25.9 Å². The fourth-order valence-corrected chi connectivity index (χ4v) is 16.7. The smallest absolute Gasteiger partial charge is 0.260 e. The zero-order valence-electron chi connectivity index (χ0n) is 37.9. The van der Waals surface area contributed by atoms with E-state index in [4.69, 9.17) is 9.47 Å². The van der Waals surface area contributed by atoms with Crippen molar-refractivity contribution in [3.8, 4) is 28.7 Å². The van der Waals surface area contributed by atoms with Crippen LogP contribution in [0.2, 0.25) is 0 Å². The Morgan fingerprint density at radius 1 is 0.484 bits per heavy atom. The molecule has 62 heavy (non-hydrogen) atoms. The molecule has 8 bridgehead atoms. The minimum atomic E-state index is 0.0165. The molecule has 16 rings (SSSR count). The van der Waals surface area contributed by atoms with Crippen molar-refractivity contribution in [1.82, 2.24) is 4.57 Å². The van der Waals surface area contributed by atoms with Gasteiger partial charge in [-0.1, -0.05) is 102 Å². The summed E-state index contributed by atoms with van der Waals surface area (Å²) in [6.07, 6.45) is 16.8. The van der Waals surface area contributed by atoms with Crippen LogP contribution in [-0.4, -0.2) is 11.3 Å². The molecule has 0 radical (unpaired) electrons. The Labute approximate surface area is 369 Å². The number of hydrogen-bond acceptors (Lipinski definition) is 2. The van der Waals surface area contributed by atoms with Gasteiger partial charge in [0, 0.05) is 28.4 Å². The number of hydrogen-bond donors (Lipinski definition) is 0. The summed E-state index contributed by atoms with van der Waals surface area (Å²) in [5, 5.41) is 2.87. The van der Waals surface area contributed by atoms with Crippen LogP contribution in [-0.2, 0) is 21.7 Å². The Kier molecular flexibility index (Phi) is 7.29. The second kappa shape index (κ2) is 12.2. The monoisotopic (exact) mass is 815 g/mol. The molecule has 6 aromatic rings. The van der Waals surface area contributed by atoms with Gasteiger partial charge in [0.25, 0.3) is 6.71 Å². The lowest BCUT2D eigenvalue weighted by Crippen LogP contribution is -2.57. The molecule has 3 nitrogen and oxygen atoms in total. The zero-order chi connectivity index (χ0) is 41.7. The maximum absolute atomic E-state index is 7.24. The highest BCUT2D eigenvalue weighted by molar-refractivity contribution is 6.98. The first-order chi connectivity index (χ1) is 29.8. The lowest BCUT2D eigenvalue weighted by molar-refractivity contribution is -0.00468. The first kappa shape index (κ1) is 37.0. The van der Waals surface area contributed by atoms with Gasteiger partial charge in [-0.3, -0.25) is 0 Å². The summed E-state index contributed by atoms with van der Waals surface area (Å²) in [5.41, 5.74) is 14.2. The molecule has 3 heterocycles. The third kappa shape index (κ3) is 5.13. The van der Waals surface area contributed by atoms with E-state index in [1.54, 1.807) is 11.1 Å². The largest absolute Gasteiger partial charge is 0.458 e. The summed E-state index contributed by atoms with van der Waals surface area (Å²) in [4.78, 5) is 0.